The molecule has 0 aromatic rings. The van der Waals surface area contributed by atoms with Crippen LogP contribution < -0.4 is 0 Å². The largest absolute Gasteiger partial charge is 0.396 e. The first-order valence-corrected chi connectivity index (χ1v) is 8.78. The van der Waals surface area contributed by atoms with E-state index in [1.807, 2.05) is 0 Å². The van der Waals surface area contributed by atoms with Gasteiger partial charge >= 0.3 is 0 Å². The van der Waals surface area contributed by atoms with E-state index in [-0.39, 0.29) is 17.9 Å². The molecule has 0 atom stereocenters. The molecular weight excluding hydrogens is 250 g/mol. The third-order valence-corrected chi connectivity index (χ3v) is 6.77. The van der Waals surface area contributed by atoms with Gasteiger partial charge in [0, 0.05) is 19.2 Å². The summed E-state index contributed by atoms with van der Waals surface area (Å²) in [4.78, 5) is 0. The van der Waals surface area contributed by atoms with E-state index in [0.29, 0.717) is 13.0 Å². The highest BCUT2D eigenvalue weighted by molar-refractivity contribution is 7.89. The molecule has 0 spiro atoms. The molecule has 0 saturated heterocycles. The first-order valence-electron chi connectivity index (χ1n) is 7.28. The zero-order valence-corrected chi connectivity index (χ0v) is 11.9. The summed E-state index contributed by atoms with van der Waals surface area (Å²) in [6, 6.07) is 0.212. The molecule has 2 rings (SSSR count). The maximum Gasteiger partial charge on any atom is 0.217 e. The van der Waals surface area contributed by atoms with Crippen molar-refractivity contribution in [3.05, 3.63) is 0 Å². The molecule has 0 radical (unpaired) electrons. The second-order valence-corrected chi connectivity index (χ2v) is 7.74. The SMILES string of the molecule is O=S(=O)(C1CCCCC1)N(CCCO)C1CCC1. The molecule has 2 saturated carbocycles. The van der Waals surface area contributed by atoms with Gasteiger partial charge < -0.3 is 5.11 Å². The molecule has 18 heavy (non-hydrogen) atoms. The van der Waals surface area contributed by atoms with Crippen LogP contribution in [0.1, 0.15) is 57.8 Å². The molecular formula is C13H25NO3S. The molecule has 0 unspecified atom stereocenters. The van der Waals surface area contributed by atoms with Gasteiger partial charge in [-0.2, -0.15) is 4.31 Å². The van der Waals surface area contributed by atoms with Crippen LogP contribution in [0.4, 0.5) is 0 Å². The van der Waals surface area contributed by atoms with E-state index in [1.165, 1.54) is 6.42 Å². The van der Waals surface area contributed by atoms with Gasteiger partial charge in [-0.05, 0) is 32.1 Å². The van der Waals surface area contributed by atoms with Crippen LogP contribution in [0.2, 0.25) is 0 Å². The normalized spacial score (nSPS) is 23.2. The minimum atomic E-state index is -3.13. The van der Waals surface area contributed by atoms with Gasteiger partial charge in [0.25, 0.3) is 0 Å². The van der Waals surface area contributed by atoms with Crippen LogP contribution >= 0.6 is 0 Å². The van der Waals surface area contributed by atoms with Gasteiger partial charge in [-0.15, -0.1) is 0 Å². The fourth-order valence-corrected chi connectivity index (χ4v) is 5.30. The van der Waals surface area contributed by atoms with Crippen molar-refractivity contribution < 1.29 is 13.5 Å². The van der Waals surface area contributed by atoms with Crippen molar-refractivity contribution >= 4 is 10.0 Å². The summed E-state index contributed by atoms with van der Waals surface area (Å²) in [6.45, 7) is 0.573. The maximum atomic E-state index is 12.7. The average molecular weight is 275 g/mol. The molecule has 1 N–H and O–H groups in total. The van der Waals surface area contributed by atoms with Crippen molar-refractivity contribution in [1.29, 1.82) is 0 Å². The van der Waals surface area contributed by atoms with Crippen molar-refractivity contribution in [2.45, 2.75) is 69.1 Å². The summed E-state index contributed by atoms with van der Waals surface area (Å²) in [7, 11) is -3.13. The second-order valence-electron chi connectivity index (χ2n) is 5.58. The van der Waals surface area contributed by atoms with Gasteiger partial charge in [-0.3, -0.25) is 0 Å². The molecule has 4 nitrogen and oxygen atoms in total. The lowest BCUT2D eigenvalue weighted by molar-refractivity contribution is 0.195. The number of aliphatic hydroxyl groups excluding tert-OH is 1. The number of rotatable bonds is 6. The Bertz CT molecular complexity index is 345. The fourth-order valence-electron chi connectivity index (χ4n) is 2.97. The van der Waals surface area contributed by atoms with Crippen molar-refractivity contribution in [3.8, 4) is 0 Å². The van der Waals surface area contributed by atoms with Crippen LogP contribution in [0.25, 0.3) is 0 Å². The van der Waals surface area contributed by atoms with Crippen LogP contribution in [0.15, 0.2) is 0 Å². The zero-order chi connectivity index (χ0) is 13.0. The molecule has 0 aromatic heterocycles. The summed E-state index contributed by atoms with van der Waals surface area (Å²) in [6.07, 6.45) is 8.60. The van der Waals surface area contributed by atoms with Crippen molar-refractivity contribution in [1.82, 2.24) is 4.31 Å². The Hall–Kier alpha value is -0.130. The van der Waals surface area contributed by atoms with Crippen LogP contribution in [0.3, 0.4) is 0 Å². The highest BCUT2D eigenvalue weighted by Gasteiger charge is 2.38. The van der Waals surface area contributed by atoms with Gasteiger partial charge in [-0.1, -0.05) is 25.7 Å². The molecule has 0 heterocycles. The molecule has 0 bridgehead atoms. The Labute approximate surface area is 110 Å². The zero-order valence-electron chi connectivity index (χ0n) is 11.1. The average Bonchev–Trinajstić information content (AvgIpc) is 2.33. The van der Waals surface area contributed by atoms with E-state index in [0.717, 1.165) is 44.9 Å². The summed E-state index contributed by atoms with van der Waals surface area (Å²) in [5.74, 6) is 0. The van der Waals surface area contributed by atoms with Crippen LogP contribution in [-0.2, 0) is 10.0 Å². The Morgan fingerprint density at radius 3 is 2.17 bits per heavy atom. The summed E-state index contributed by atoms with van der Waals surface area (Å²) >= 11 is 0. The third-order valence-electron chi connectivity index (χ3n) is 4.32. The van der Waals surface area contributed by atoms with Crippen LogP contribution in [-0.4, -0.2) is 42.3 Å². The first kappa shape index (κ1) is 14.3. The van der Waals surface area contributed by atoms with Crippen LogP contribution in [0, 0.1) is 0 Å². The minimum Gasteiger partial charge on any atom is -0.396 e. The summed E-state index contributed by atoms with van der Waals surface area (Å²) < 4.78 is 27.1. The van der Waals surface area contributed by atoms with E-state index >= 15 is 0 Å². The Morgan fingerprint density at radius 1 is 1.00 bits per heavy atom. The molecule has 2 aliphatic carbocycles. The van der Waals surface area contributed by atoms with E-state index in [9.17, 15) is 8.42 Å². The van der Waals surface area contributed by atoms with Crippen LogP contribution in [0.5, 0.6) is 0 Å². The Morgan fingerprint density at radius 2 is 1.67 bits per heavy atom. The van der Waals surface area contributed by atoms with Gasteiger partial charge in [0.15, 0.2) is 0 Å². The monoisotopic (exact) mass is 275 g/mol. The number of sulfonamides is 1. The lowest BCUT2D eigenvalue weighted by Gasteiger charge is -2.39. The topological polar surface area (TPSA) is 57.6 Å². The lowest BCUT2D eigenvalue weighted by Crippen LogP contribution is -2.49. The van der Waals surface area contributed by atoms with E-state index in [1.54, 1.807) is 4.31 Å². The van der Waals surface area contributed by atoms with Gasteiger partial charge in [-0.25, -0.2) is 8.42 Å². The number of nitrogens with zero attached hydrogens (tertiary/aromatic N) is 1. The number of aliphatic hydroxyl groups is 1. The molecule has 0 aliphatic heterocycles. The highest BCUT2D eigenvalue weighted by Crippen LogP contribution is 2.32. The summed E-state index contributed by atoms with van der Waals surface area (Å²) in [5, 5.41) is 8.78. The third kappa shape index (κ3) is 3.06. The predicted octanol–water partition coefficient (Wildman–Crippen LogP) is 1.89. The molecule has 0 amide bonds. The molecule has 2 aliphatic rings. The molecule has 0 aromatic carbocycles. The smallest absolute Gasteiger partial charge is 0.217 e. The Kier molecular flexibility index (Phi) is 5.04. The lowest BCUT2D eigenvalue weighted by atomic mass is 9.93. The first-order chi connectivity index (χ1) is 8.66. The van der Waals surface area contributed by atoms with E-state index in [4.69, 9.17) is 5.11 Å². The molecule has 106 valence electrons. The predicted molar refractivity (Wildman–Crippen MR) is 71.8 cm³/mol. The number of hydrogen-bond donors (Lipinski definition) is 1. The minimum absolute atomic E-state index is 0.0728. The molecule has 2 fully saturated rings. The van der Waals surface area contributed by atoms with E-state index < -0.39 is 10.0 Å². The number of hydrogen-bond acceptors (Lipinski definition) is 3. The summed E-state index contributed by atoms with van der Waals surface area (Å²) in [5.41, 5.74) is 0. The van der Waals surface area contributed by atoms with Gasteiger partial charge in [0.2, 0.25) is 10.0 Å². The maximum absolute atomic E-state index is 12.7. The second kappa shape index (κ2) is 6.35. The van der Waals surface area contributed by atoms with Crippen molar-refractivity contribution in [2.24, 2.45) is 0 Å². The highest BCUT2D eigenvalue weighted by atomic mass is 32.2. The van der Waals surface area contributed by atoms with E-state index in [2.05, 4.69) is 0 Å². The van der Waals surface area contributed by atoms with Crippen molar-refractivity contribution in [3.63, 3.8) is 0 Å². The quantitative estimate of drug-likeness (QED) is 0.805. The van der Waals surface area contributed by atoms with Crippen molar-refractivity contribution in [2.75, 3.05) is 13.2 Å². The van der Waals surface area contributed by atoms with Gasteiger partial charge in [0.05, 0.1) is 5.25 Å². The fraction of sp³-hybridized carbons (Fsp3) is 1.00. The molecule has 5 heteroatoms. The Balaban J connectivity index is 2.06. The standard InChI is InChI=1S/C13H25NO3S/c15-11-5-10-14(12-6-4-7-12)18(16,17)13-8-2-1-3-9-13/h12-13,15H,1-11H2. The van der Waals surface area contributed by atoms with Gasteiger partial charge in [0.1, 0.15) is 0 Å².